The lowest BCUT2D eigenvalue weighted by Crippen LogP contribution is -2.54. The molecule has 2 aromatic carbocycles. The fourth-order valence-corrected chi connectivity index (χ4v) is 3.89. The summed E-state index contributed by atoms with van der Waals surface area (Å²) in [5, 5.41) is 3.69. The smallest absolute Gasteiger partial charge is 0.270 e. The van der Waals surface area contributed by atoms with Crippen molar-refractivity contribution in [2.24, 2.45) is 0 Å². The number of rotatable bonds is 5. The van der Waals surface area contributed by atoms with Crippen molar-refractivity contribution in [3.05, 3.63) is 84.1 Å². The van der Waals surface area contributed by atoms with Gasteiger partial charge in [-0.25, -0.2) is 0 Å². The van der Waals surface area contributed by atoms with Crippen molar-refractivity contribution in [2.75, 3.05) is 4.90 Å². The fraction of sp³-hybridized carbons (Fsp3) is 0.125. The number of amides is 2. The van der Waals surface area contributed by atoms with Gasteiger partial charge in [0.2, 0.25) is 0 Å². The van der Waals surface area contributed by atoms with Crippen LogP contribution in [0.4, 0.5) is 5.69 Å². The highest BCUT2D eigenvalue weighted by molar-refractivity contribution is 7.80. The largest absolute Gasteiger partial charge is 0.343 e. The van der Waals surface area contributed by atoms with Gasteiger partial charge in [-0.1, -0.05) is 43.3 Å². The zero-order valence-corrected chi connectivity index (χ0v) is 17.4. The lowest BCUT2D eigenvalue weighted by molar-refractivity contribution is -0.122. The van der Waals surface area contributed by atoms with Crippen LogP contribution in [0.2, 0.25) is 0 Å². The van der Waals surface area contributed by atoms with Gasteiger partial charge in [0.15, 0.2) is 5.11 Å². The van der Waals surface area contributed by atoms with E-state index < -0.39 is 11.8 Å². The van der Waals surface area contributed by atoms with Crippen LogP contribution < -0.4 is 10.2 Å². The van der Waals surface area contributed by atoms with Crippen molar-refractivity contribution in [3.8, 4) is 0 Å². The molecule has 1 aromatic heterocycles. The third-order valence-corrected chi connectivity index (χ3v) is 5.43. The molecule has 4 rings (SSSR count). The van der Waals surface area contributed by atoms with Gasteiger partial charge in [0.25, 0.3) is 11.8 Å². The predicted octanol–water partition coefficient (Wildman–Crippen LogP) is 4.22. The molecule has 5 nitrogen and oxygen atoms in total. The van der Waals surface area contributed by atoms with Crippen molar-refractivity contribution in [1.82, 2.24) is 9.88 Å². The molecule has 1 aliphatic rings. The van der Waals surface area contributed by atoms with Crippen LogP contribution in [0.15, 0.2) is 73.0 Å². The highest BCUT2D eigenvalue weighted by Gasteiger charge is 2.34. The Bertz CT molecular complexity index is 1200. The fourth-order valence-electron chi connectivity index (χ4n) is 3.61. The van der Waals surface area contributed by atoms with Gasteiger partial charge in [0, 0.05) is 29.2 Å². The molecule has 0 atom stereocenters. The zero-order valence-electron chi connectivity index (χ0n) is 16.6. The standard InChI is InChI=1S/C24H21N3O2S/c1-3-13-26-15-17(19-7-5-6-8-21(19)26)14-20-22(28)25-24(30)27(23(20)29)18-11-9-16(4-2)10-12-18/h3,5-12,14-15H,1,4,13H2,2H3,(H,25,28,30)/b20-14+. The summed E-state index contributed by atoms with van der Waals surface area (Å²) in [5.74, 6) is -0.930. The molecule has 150 valence electrons. The normalized spacial score (nSPS) is 15.7. The Morgan fingerprint density at radius 3 is 2.53 bits per heavy atom. The van der Waals surface area contributed by atoms with Gasteiger partial charge < -0.3 is 4.57 Å². The molecule has 0 radical (unpaired) electrons. The number of para-hydroxylation sites is 1. The number of allylic oxidation sites excluding steroid dienone is 1. The molecule has 0 spiro atoms. The zero-order chi connectivity index (χ0) is 21.3. The summed E-state index contributed by atoms with van der Waals surface area (Å²) >= 11 is 5.29. The maximum atomic E-state index is 13.3. The van der Waals surface area contributed by atoms with E-state index in [1.54, 1.807) is 6.08 Å². The van der Waals surface area contributed by atoms with Gasteiger partial charge in [0.05, 0.1) is 5.69 Å². The minimum absolute atomic E-state index is 0.0460. The van der Waals surface area contributed by atoms with E-state index >= 15 is 0 Å². The maximum Gasteiger partial charge on any atom is 0.270 e. The Hall–Kier alpha value is -3.51. The number of anilines is 1. The van der Waals surface area contributed by atoms with E-state index in [0.29, 0.717) is 12.2 Å². The summed E-state index contributed by atoms with van der Waals surface area (Å²) in [5.41, 5.74) is 3.63. The van der Waals surface area contributed by atoms with E-state index in [2.05, 4.69) is 18.8 Å². The van der Waals surface area contributed by atoms with Crippen LogP contribution in [0.1, 0.15) is 18.1 Å². The number of aryl methyl sites for hydroxylation is 1. The van der Waals surface area contributed by atoms with E-state index in [4.69, 9.17) is 12.2 Å². The summed E-state index contributed by atoms with van der Waals surface area (Å²) < 4.78 is 2.03. The minimum Gasteiger partial charge on any atom is -0.343 e. The second kappa shape index (κ2) is 8.08. The Balaban J connectivity index is 1.78. The van der Waals surface area contributed by atoms with Crippen molar-refractivity contribution < 1.29 is 9.59 Å². The first-order valence-corrected chi connectivity index (χ1v) is 10.1. The highest BCUT2D eigenvalue weighted by atomic mass is 32.1. The molecular weight excluding hydrogens is 394 g/mol. The van der Waals surface area contributed by atoms with Crippen molar-refractivity contribution in [2.45, 2.75) is 19.9 Å². The summed E-state index contributed by atoms with van der Waals surface area (Å²) in [6, 6.07) is 15.4. The third kappa shape index (κ3) is 3.46. The minimum atomic E-state index is -0.494. The average Bonchev–Trinajstić information content (AvgIpc) is 3.09. The molecule has 2 amide bonds. The van der Waals surface area contributed by atoms with Gasteiger partial charge >= 0.3 is 0 Å². The van der Waals surface area contributed by atoms with E-state index in [-0.39, 0.29) is 10.7 Å². The number of carbonyl (C=O) groups is 2. The first-order valence-electron chi connectivity index (χ1n) is 9.72. The molecule has 1 saturated heterocycles. The van der Waals surface area contributed by atoms with Gasteiger partial charge in [-0.15, -0.1) is 6.58 Å². The van der Waals surface area contributed by atoms with Crippen LogP contribution in [0.5, 0.6) is 0 Å². The molecule has 0 saturated carbocycles. The molecule has 2 heterocycles. The number of thiocarbonyl (C=S) groups is 1. The van der Waals surface area contributed by atoms with Crippen LogP contribution in [-0.2, 0) is 22.6 Å². The molecule has 1 aliphatic heterocycles. The third-order valence-electron chi connectivity index (χ3n) is 5.15. The summed E-state index contributed by atoms with van der Waals surface area (Å²) in [7, 11) is 0. The van der Waals surface area contributed by atoms with Crippen molar-refractivity contribution in [3.63, 3.8) is 0 Å². The molecule has 1 fully saturated rings. The van der Waals surface area contributed by atoms with E-state index in [1.165, 1.54) is 4.90 Å². The Kier molecular flexibility index (Phi) is 5.33. The van der Waals surface area contributed by atoms with Crippen LogP contribution in [-0.4, -0.2) is 21.5 Å². The number of hydrogen-bond donors (Lipinski definition) is 1. The number of hydrogen-bond acceptors (Lipinski definition) is 3. The quantitative estimate of drug-likeness (QED) is 0.294. The first kappa shape index (κ1) is 19.8. The Morgan fingerprint density at radius 2 is 1.83 bits per heavy atom. The van der Waals surface area contributed by atoms with Gasteiger partial charge in [-0.3, -0.25) is 19.8 Å². The lowest BCUT2D eigenvalue weighted by Gasteiger charge is -2.29. The summed E-state index contributed by atoms with van der Waals surface area (Å²) in [6.07, 6.45) is 6.26. The van der Waals surface area contributed by atoms with Crippen LogP contribution >= 0.6 is 12.2 Å². The van der Waals surface area contributed by atoms with Gasteiger partial charge in [-0.05, 0) is 48.5 Å². The van der Waals surface area contributed by atoms with E-state index in [0.717, 1.165) is 28.5 Å². The number of nitrogens with one attached hydrogen (secondary N) is 1. The second-order valence-electron chi connectivity index (χ2n) is 7.02. The van der Waals surface area contributed by atoms with Gasteiger partial charge in [-0.2, -0.15) is 0 Å². The number of fused-ring (bicyclic) bond motifs is 1. The van der Waals surface area contributed by atoms with Crippen LogP contribution in [0.3, 0.4) is 0 Å². The topological polar surface area (TPSA) is 54.3 Å². The molecule has 0 aliphatic carbocycles. The number of aromatic nitrogens is 1. The lowest BCUT2D eigenvalue weighted by atomic mass is 10.1. The summed E-state index contributed by atoms with van der Waals surface area (Å²) in [4.78, 5) is 27.3. The number of benzene rings is 2. The first-order chi connectivity index (χ1) is 14.5. The molecule has 0 unspecified atom stereocenters. The molecule has 0 bridgehead atoms. The van der Waals surface area contributed by atoms with E-state index in [1.807, 2.05) is 65.4 Å². The van der Waals surface area contributed by atoms with Gasteiger partial charge in [0.1, 0.15) is 5.57 Å². The van der Waals surface area contributed by atoms with Crippen molar-refractivity contribution in [1.29, 1.82) is 0 Å². The van der Waals surface area contributed by atoms with Crippen LogP contribution in [0.25, 0.3) is 17.0 Å². The van der Waals surface area contributed by atoms with Crippen molar-refractivity contribution >= 4 is 51.8 Å². The van der Waals surface area contributed by atoms with E-state index in [9.17, 15) is 9.59 Å². The predicted molar refractivity (Wildman–Crippen MR) is 124 cm³/mol. The summed E-state index contributed by atoms with van der Waals surface area (Å²) in [6.45, 7) is 6.49. The SMILES string of the molecule is C=CCn1cc(/C=C2\C(=O)NC(=S)N(c3ccc(CC)cc3)C2=O)c2ccccc21. The Labute approximate surface area is 180 Å². The average molecular weight is 416 g/mol. The second-order valence-corrected chi connectivity index (χ2v) is 7.41. The molecule has 3 aromatic rings. The highest BCUT2D eigenvalue weighted by Crippen LogP contribution is 2.27. The number of carbonyl (C=O) groups excluding carboxylic acids is 2. The number of nitrogens with zero attached hydrogens (tertiary/aromatic N) is 2. The maximum absolute atomic E-state index is 13.3. The molecule has 1 N–H and O–H groups in total. The van der Waals surface area contributed by atoms with Crippen LogP contribution in [0, 0.1) is 0 Å². The molecular formula is C24H21N3O2S. The molecule has 6 heteroatoms. The molecule has 30 heavy (non-hydrogen) atoms. The Morgan fingerprint density at radius 1 is 1.10 bits per heavy atom. The monoisotopic (exact) mass is 415 g/mol.